The molecular formula is C56H46N2. The molecule has 0 saturated carbocycles. The van der Waals surface area contributed by atoms with Gasteiger partial charge in [0.2, 0.25) is 0 Å². The van der Waals surface area contributed by atoms with Crippen LogP contribution in [0.4, 0.5) is 28.4 Å². The zero-order valence-electron chi connectivity index (χ0n) is 33.6. The Hall–Kier alpha value is -6.64. The summed E-state index contributed by atoms with van der Waals surface area (Å²) in [5.41, 5.74) is 16.6. The fraction of sp³-hybridized carbons (Fsp3) is 0.143. The summed E-state index contributed by atoms with van der Waals surface area (Å²) in [6, 6.07) is 61.2. The zero-order valence-corrected chi connectivity index (χ0v) is 33.6. The van der Waals surface area contributed by atoms with Gasteiger partial charge in [0.05, 0.1) is 11.7 Å². The SMILES string of the molecule is CC1(C)c2cc3c(cc2-c2c1cc(N(c1ccccc1)c1ccccc1)c1ccccc21)C(C)(C)c1cc(N(c2ccccc2)C2C=CC=CC2)c2ccccc2c1-3. The van der Waals surface area contributed by atoms with Crippen LogP contribution in [-0.2, 0) is 10.8 Å². The van der Waals surface area contributed by atoms with Gasteiger partial charge in [0.1, 0.15) is 0 Å². The lowest BCUT2D eigenvalue weighted by molar-refractivity contribution is 0.652. The minimum atomic E-state index is -0.231. The normalized spacial score (nSPS) is 16.5. The maximum absolute atomic E-state index is 2.58. The minimum Gasteiger partial charge on any atom is -0.334 e. The predicted octanol–water partition coefficient (Wildman–Crippen LogP) is 15.1. The lowest BCUT2D eigenvalue weighted by Gasteiger charge is -2.35. The first-order valence-corrected chi connectivity index (χ1v) is 20.7. The van der Waals surface area contributed by atoms with Gasteiger partial charge < -0.3 is 9.80 Å². The van der Waals surface area contributed by atoms with Gasteiger partial charge in [-0.1, -0.05) is 155 Å². The van der Waals surface area contributed by atoms with E-state index in [1.165, 1.54) is 83.1 Å². The minimum absolute atomic E-state index is 0.219. The third-order valence-electron chi connectivity index (χ3n) is 13.3. The maximum Gasteiger partial charge on any atom is 0.0560 e. The van der Waals surface area contributed by atoms with Crippen LogP contribution in [-0.4, -0.2) is 6.04 Å². The van der Waals surface area contributed by atoms with Crippen molar-refractivity contribution in [1.82, 2.24) is 0 Å². The van der Waals surface area contributed by atoms with Crippen molar-refractivity contribution in [3.8, 4) is 22.3 Å². The largest absolute Gasteiger partial charge is 0.334 e. The van der Waals surface area contributed by atoms with E-state index in [4.69, 9.17) is 0 Å². The Bertz CT molecular complexity index is 2930. The number of para-hydroxylation sites is 3. The van der Waals surface area contributed by atoms with E-state index in [9.17, 15) is 0 Å². The molecule has 280 valence electrons. The molecule has 3 aliphatic carbocycles. The number of hydrogen-bond donors (Lipinski definition) is 0. The van der Waals surface area contributed by atoms with Crippen LogP contribution in [0.1, 0.15) is 56.4 Å². The molecule has 1 unspecified atom stereocenters. The van der Waals surface area contributed by atoms with Crippen LogP contribution in [0.25, 0.3) is 43.8 Å². The zero-order chi connectivity index (χ0) is 39.2. The Labute approximate surface area is 342 Å². The number of benzene rings is 8. The van der Waals surface area contributed by atoms with Crippen molar-refractivity contribution >= 4 is 50.0 Å². The molecule has 2 heteroatoms. The summed E-state index contributed by atoms with van der Waals surface area (Å²) < 4.78 is 0. The first-order valence-electron chi connectivity index (χ1n) is 20.7. The van der Waals surface area contributed by atoms with E-state index in [2.05, 4.69) is 226 Å². The highest BCUT2D eigenvalue weighted by molar-refractivity contribution is 6.13. The molecule has 58 heavy (non-hydrogen) atoms. The number of rotatable bonds is 6. The van der Waals surface area contributed by atoms with Crippen molar-refractivity contribution in [3.05, 3.63) is 210 Å². The van der Waals surface area contributed by atoms with Gasteiger partial charge in [-0.2, -0.15) is 0 Å². The molecule has 0 heterocycles. The summed E-state index contributed by atoms with van der Waals surface area (Å²) in [6.45, 7) is 9.76. The number of fused-ring (bicyclic) bond motifs is 10. The van der Waals surface area contributed by atoms with Gasteiger partial charge in [-0.05, 0) is 122 Å². The third kappa shape index (κ3) is 5.04. The molecule has 1 atom stereocenters. The average Bonchev–Trinajstić information content (AvgIpc) is 3.63. The van der Waals surface area contributed by atoms with Gasteiger partial charge in [0.25, 0.3) is 0 Å². The van der Waals surface area contributed by atoms with Crippen molar-refractivity contribution in [2.24, 2.45) is 0 Å². The average molecular weight is 747 g/mol. The summed E-state index contributed by atoms with van der Waals surface area (Å²) in [5, 5.41) is 5.16. The lowest BCUT2D eigenvalue weighted by Crippen LogP contribution is -2.30. The molecule has 8 aromatic rings. The van der Waals surface area contributed by atoms with Crippen molar-refractivity contribution in [2.45, 2.75) is 51.0 Å². The molecule has 0 aliphatic heterocycles. The Morgan fingerprint density at radius 2 is 0.862 bits per heavy atom. The molecule has 0 N–H and O–H groups in total. The number of allylic oxidation sites excluding steroid dienone is 2. The van der Waals surface area contributed by atoms with Crippen molar-refractivity contribution in [3.63, 3.8) is 0 Å². The highest BCUT2D eigenvalue weighted by Gasteiger charge is 2.44. The highest BCUT2D eigenvalue weighted by Crippen LogP contribution is 2.60. The van der Waals surface area contributed by atoms with Gasteiger partial charge >= 0.3 is 0 Å². The molecule has 0 aromatic heterocycles. The van der Waals surface area contributed by atoms with Crippen molar-refractivity contribution < 1.29 is 0 Å². The van der Waals surface area contributed by atoms with Crippen molar-refractivity contribution in [1.29, 1.82) is 0 Å². The molecule has 8 aromatic carbocycles. The summed E-state index contributed by atoms with van der Waals surface area (Å²) in [4.78, 5) is 5.00. The second-order valence-electron chi connectivity index (χ2n) is 17.2. The molecule has 0 radical (unpaired) electrons. The fourth-order valence-electron chi connectivity index (χ4n) is 10.4. The van der Waals surface area contributed by atoms with Crippen molar-refractivity contribution in [2.75, 3.05) is 9.80 Å². The lowest BCUT2D eigenvalue weighted by atomic mass is 9.79. The van der Waals surface area contributed by atoms with E-state index >= 15 is 0 Å². The highest BCUT2D eigenvalue weighted by atomic mass is 15.2. The van der Waals surface area contributed by atoms with Gasteiger partial charge in [0, 0.05) is 44.4 Å². The summed E-state index contributed by atoms with van der Waals surface area (Å²) in [6.07, 6.45) is 9.99. The second kappa shape index (κ2) is 12.9. The fourth-order valence-corrected chi connectivity index (χ4v) is 10.4. The standard InChI is InChI=1S/C56H46N2/c1-55(2)47-33-46-48(34-45(47)53-43-31-19-17-29-41(43)51(35-49(53)55)57(37-21-9-5-10-22-37)38-23-11-6-12-24-38)56(3,4)50-36-52(42-30-18-20-32-44(42)54(46)50)58(39-25-13-7-14-26-39)40-27-15-8-16-28-40/h5-27,29-36,40H,28H2,1-4H3. The molecule has 11 rings (SSSR count). The predicted molar refractivity (Wildman–Crippen MR) is 247 cm³/mol. The van der Waals surface area contributed by atoms with E-state index in [-0.39, 0.29) is 16.9 Å². The Balaban J connectivity index is 1.14. The summed E-state index contributed by atoms with van der Waals surface area (Å²) in [7, 11) is 0. The van der Waals surface area contributed by atoms with E-state index in [0.29, 0.717) is 0 Å². The van der Waals surface area contributed by atoms with Gasteiger partial charge in [-0.25, -0.2) is 0 Å². The molecule has 0 amide bonds. The van der Waals surface area contributed by atoms with Crippen LogP contribution in [0.2, 0.25) is 0 Å². The molecular weight excluding hydrogens is 701 g/mol. The number of nitrogens with zero attached hydrogens (tertiary/aromatic N) is 2. The summed E-state index contributed by atoms with van der Waals surface area (Å²) in [5.74, 6) is 0. The Morgan fingerprint density at radius 3 is 1.34 bits per heavy atom. The number of anilines is 5. The maximum atomic E-state index is 2.58. The first kappa shape index (κ1) is 34.6. The topological polar surface area (TPSA) is 6.48 Å². The quantitative estimate of drug-likeness (QED) is 0.167. The van der Waals surface area contributed by atoms with E-state index in [1.54, 1.807) is 0 Å². The smallest absolute Gasteiger partial charge is 0.0560 e. The Morgan fingerprint density at radius 1 is 0.431 bits per heavy atom. The first-order chi connectivity index (χ1) is 28.3. The second-order valence-corrected chi connectivity index (χ2v) is 17.2. The molecule has 0 spiro atoms. The van der Waals surface area contributed by atoms with Gasteiger partial charge in [-0.15, -0.1) is 0 Å². The monoisotopic (exact) mass is 746 g/mol. The summed E-state index contributed by atoms with van der Waals surface area (Å²) >= 11 is 0. The van der Waals surface area contributed by atoms with Gasteiger partial charge in [0.15, 0.2) is 0 Å². The third-order valence-corrected chi connectivity index (χ3v) is 13.3. The molecule has 0 saturated heterocycles. The van der Waals surface area contributed by atoms with E-state index in [1.807, 2.05) is 0 Å². The molecule has 0 fully saturated rings. The van der Waals surface area contributed by atoms with Crippen LogP contribution < -0.4 is 9.80 Å². The van der Waals surface area contributed by atoms with Crippen LogP contribution in [0.15, 0.2) is 188 Å². The molecule has 3 aliphatic rings. The molecule has 2 nitrogen and oxygen atoms in total. The molecule has 0 bridgehead atoms. The Kier molecular flexibility index (Phi) is 7.72. The van der Waals surface area contributed by atoms with E-state index in [0.717, 1.165) is 17.8 Å². The van der Waals surface area contributed by atoms with Gasteiger partial charge in [-0.3, -0.25) is 0 Å². The van der Waals surface area contributed by atoms with Crippen LogP contribution in [0.5, 0.6) is 0 Å². The number of hydrogen-bond acceptors (Lipinski definition) is 2. The van der Waals surface area contributed by atoms with E-state index < -0.39 is 0 Å². The van der Waals surface area contributed by atoms with Crippen LogP contribution in [0, 0.1) is 0 Å². The van der Waals surface area contributed by atoms with Crippen LogP contribution in [0.3, 0.4) is 0 Å². The van der Waals surface area contributed by atoms with Crippen LogP contribution >= 0.6 is 0 Å².